The van der Waals surface area contributed by atoms with E-state index in [0.29, 0.717) is 23.7 Å². The average Bonchev–Trinajstić information content (AvgIpc) is 2.82. The Morgan fingerprint density at radius 3 is 2.65 bits per heavy atom. The van der Waals surface area contributed by atoms with Gasteiger partial charge in [0, 0.05) is 17.5 Å². The molecule has 2 atom stereocenters. The molecule has 2 rings (SSSR count). The summed E-state index contributed by atoms with van der Waals surface area (Å²) in [6.07, 6.45) is -0.167. The fourth-order valence-electron chi connectivity index (χ4n) is 2.87. The molecule has 7 heteroatoms. The van der Waals surface area contributed by atoms with Crippen LogP contribution in [-0.4, -0.2) is 35.5 Å². The lowest BCUT2D eigenvalue weighted by atomic mass is 9.99. The second-order valence-corrected chi connectivity index (χ2v) is 7.36. The fraction of sp³-hybridized carbons (Fsp3) is 0.579. The Kier molecular flexibility index (Phi) is 6.00. The minimum Gasteiger partial charge on any atom is -0.494 e. The van der Waals surface area contributed by atoms with Crippen molar-refractivity contribution in [2.45, 2.75) is 65.2 Å². The highest BCUT2D eigenvalue weighted by molar-refractivity contribution is 5.73. The van der Waals surface area contributed by atoms with Gasteiger partial charge in [-0.1, -0.05) is 0 Å². The van der Waals surface area contributed by atoms with Crippen LogP contribution in [0.2, 0.25) is 0 Å². The van der Waals surface area contributed by atoms with E-state index < -0.39 is 23.7 Å². The van der Waals surface area contributed by atoms with E-state index in [0.717, 1.165) is 12.0 Å². The maximum absolute atomic E-state index is 12.2. The number of rotatable bonds is 6. The standard InChI is InChI=1S/C19H27NO6/c1-6-24-16-8-12-7-11(2)25-15(12)9-13(16)14(10-17(21)22)20-18(23)26-19(3,4)5/h8-9,11,14H,6-7,10H2,1-5H3,(H,20,23)(H,21,22)/t11?,14-/m1/s1. The number of nitrogens with one attached hydrogen (secondary N) is 1. The van der Waals surface area contributed by atoms with Crippen molar-refractivity contribution in [3.63, 3.8) is 0 Å². The van der Waals surface area contributed by atoms with E-state index in [-0.39, 0.29) is 12.5 Å². The molecule has 0 bridgehead atoms. The summed E-state index contributed by atoms with van der Waals surface area (Å²) in [5, 5.41) is 11.9. The smallest absolute Gasteiger partial charge is 0.408 e. The maximum atomic E-state index is 12.2. The third-order valence-corrected chi connectivity index (χ3v) is 3.77. The SMILES string of the molecule is CCOc1cc2c(cc1[C@@H](CC(=O)O)NC(=O)OC(C)(C)C)OC(C)C2. The Morgan fingerprint density at radius 2 is 2.08 bits per heavy atom. The lowest BCUT2D eigenvalue weighted by Gasteiger charge is -2.24. The van der Waals surface area contributed by atoms with Crippen molar-refractivity contribution in [1.29, 1.82) is 0 Å². The van der Waals surface area contributed by atoms with Gasteiger partial charge in [0.25, 0.3) is 0 Å². The molecule has 0 radical (unpaired) electrons. The molecule has 1 aliphatic rings. The molecule has 0 spiro atoms. The van der Waals surface area contributed by atoms with E-state index in [1.54, 1.807) is 26.8 Å². The number of fused-ring (bicyclic) bond motifs is 1. The Morgan fingerprint density at radius 1 is 1.38 bits per heavy atom. The van der Waals surface area contributed by atoms with Crippen LogP contribution in [0.1, 0.15) is 58.2 Å². The molecule has 0 saturated carbocycles. The van der Waals surface area contributed by atoms with Crippen LogP contribution in [0.4, 0.5) is 4.79 Å². The monoisotopic (exact) mass is 365 g/mol. The predicted octanol–water partition coefficient (Wildman–Crippen LogP) is 3.45. The van der Waals surface area contributed by atoms with Crippen molar-refractivity contribution in [3.05, 3.63) is 23.3 Å². The van der Waals surface area contributed by atoms with Crippen LogP contribution in [0.3, 0.4) is 0 Å². The summed E-state index contributed by atoms with van der Waals surface area (Å²) >= 11 is 0. The van der Waals surface area contributed by atoms with Gasteiger partial charge in [0.2, 0.25) is 0 Å². The van der Waals surface area contributed by atoms with E-state index >= 15 is 0 Å². The Labute approximate surface area is 153 Å². The number of ether oxygens (including phenoxy) is 3. The number of alkyl carbamates (subject to hydrolysis) is 1. The summed E-state index contributed by atoms with van der Waals surface area (Å²) in [6.45, 7) is 9.48. The molecule has 1 amide bonds. The Hall–Kier alpha value is -2.44. The third kappa shape index (κ3) is 5.28. The molecule has 144 valence electrons. The average molecular weight is 365 g/mol. The molecule has 0 aromatic heterocycles. The van der Waals surface area contributed by atoms with Gasteiger partial charge in [-0.3, -0.25) is 4.79 Å². The maximum Gasteiger partial charge on any atom is 0.408 e. The molecule has 1 heterocycles. The van der Waals surface area contributed by atoms with Gasteiger partial charge < -0.3 is 24.6 Å². The molecular formula is C19H27NO6. The first-order valence-corrected chi connectivity index (χ1v) is 8.76. The molecule has 7 nitrogen and oxygen atoms in total. The van der Waals surface area contributed by atoms with Gasteiger partial charge in [-0.05, 0) is 46.8 Å². The van der Waals surface area contributed by atoms with Crippen molar-refractivity contribution in [2.24, 2.45) is 0 Å². The van der Waals surface area contributed by atoms with Crippen molar-refractivity contribution < 1.29 is 28.9 Å². The third-order valence-electron chi connectivity index (χ3n) is 3.77. The quantitative estimate of drug-likeness (QED) is 0.802. The highest BCUT2D eigenvalue weighted by atomic mass is 16.6. The molecule has 1 aromatic rings. The second-order valence-electron chi connectivity index (χ2n) is 7.36. The Bertz CT molecular complexity index is 679. The summed E-state index contributed by atoms with van der Waals surface area (Å²) in [6, 6.07) is 2.83. The summed E-state index contributed by atoms with van der Waals surface area (Å²) < 4.78 is 16.7. The second kappa shape index (κ2) is 7.85. The summed E-state index contributed by atoms with van der Waals surface area (Å²) in [7, 11) is 0. The molecule has 1 aliphatic heterocycles. The number of benzene rings is 1. The molecule has 1 aromatic carbocycles. The highest BCUT2D eigenvalue weighted by Crippen LogP contribution is 2.38. The summed E-state index contributed by atoms with van der Waals surface area (Å²) in [5.74, 6) is 0.201. The summed E-state index contributed by atoms with van der Waals surface area (Å²) in [5.41, 5.74) is 0.890. The lowest BCUT2D eigenvalue weighted by Crippen LogP contribution is -2.36. The minimum atomic E-state index is -1.04. The van der Waals surface area contributed by atoms with Gasteiger partial charge in [-0.15, -0.1) is 0 Å². The number of aliphatic carboxylic acids is 1. The van der Waals surface area contributed by atoms with Crippen LogP contribution in [0.15, 0.2) is 12.1 Å². The Balaban J connectivity index is 2.35. The zero-order valence-corrected chi connectivity index (χ0v) is 15.9. The van der Waals surface area contributed by atoms with Crippen molar-refractivity contribution in [1.82, 2.24) is 5.32 Å². The first-order valence-electron chi connectivity index (χ1n) is 8.76. The van der Waals surface area contributed by atoms with E-state index in [1.807, 2.05) is 19.9 Å². The van der Waals surface area contributed by atoms with Gasteiger partial charge >= 0.3 is 12.1 Å². The largest absolute Gasteiger partial charge is 0.494 e. The van der Waals surface area contributed by atoms with Crippen molar-refractivity contribution in [3.8, 4) is 11.5 Å². The molecule has 0 fully saturated rings. The first kappa shape index (κ1) is 19.9. The van der Waals surface area contributed by atoms with Gasteiger partial charge in [0.15, 0.2) is 0 Å². The molecular weight excluding hydrogens is 338 g/mol. The minimum absolute atomic E-state index is 0.0477. The number of carboxylic acids is 1. The van der Waals surface area contributed by atoms with Gasteiger partial charge in [0.05, 0.1) is 19.1 Å². The normalized spacial score (nSPS) is 17.0. The molecule has 26 heavy (non-hydrogen) atoms. The van der Waals surface area contributed by atoms with E-state index in [2.05, 4.69) is 5.32 Å². The molecule has 0 saturated heterocycles. The van der Waals surface area contributed by atoms with Crippen molar-refractivity contribution in [2.75, 3.05) is 6.61 Å². The van der Waals surface area contributed by atoms with E-state index in [4.69, 9.17) is 14.2 Å². The molecule has 0 aliphatic carbocycles. The van der Waals surface area contributed by atoms with Gasteiger partial charge in [0.1, 0.15) is 23.2 Å². The number of carboxylic acid groups (broad SMARTS) is 1. The van der Waals surface area contributed by atoms with Crippen molar-refractivity contribution >= 4 is 12.1 Å². The molecule has 1 unspecified atom stereocenters. The molecule has 2 N–H and O–H groups in total. The van der Waals surface area contributed by atoms with Crippen LogP contribution in [0, 0.1) is 0 Å². The number of amides is 1. The van der Waals surface area contributed by atoms with E-state index in [1.165, 1.54) is 0 Å². The van der Waals surface area contributed by atoms with Gasteiger partial charge in [-0.2, -0.15) is 0 Å². The van der Waals surface area contributed by atoms with Crippen LogP contribution < -0.4 is 14.8 Å². The first-order chi connectivity index (χ1) is 12.1. The highest BCUT2D eigenvalue weighted by Gasteiger charge is 2.28. The van der Waals surface area contributed by atoms with Crippen LogP contribution in [-0.2, 0) is 16.0 Å². The lowest BCUT2D eigenvalue weighted by molar-refractivity contribution is -0.137. The number of hydrogen-bond donors (Lipinski definition) is 2. The summed E-state index contributed by atoms with van der Waals surface area (Å²) in [4.78, 5) is 23.5. The number of carbonyl (C=O) groups excluding carboxylic acids is 1. The number of carbonyl (C=O) groups is 2. The van der Waals surface area contributed by atoms with Gasteiger partial charge in [-0.25, -0.2) is 4.79 Å². The predicted molar refractivity (Wildman–Crippen MR) is 95.8 cm³/mol. The van der Waals surface area contributed by atoms with Crippen LogP contribution >= 0.6 is 0 Å². The fourth-order valence-corrected chi connectivity index (χ4v) is 2.87. The number of hydrogen-bond acceptors (Lipinski definition) is 5. The van der Waals surface area contributed by atoms with Crippen LogP contribution in [0.5, 0.6) is 11.5 Å². The van der Waals surface area contributed by atoms with E-state index in [9.17, 15) is 14.7 Å². The zero-order chi connectivity index (χ0) is 19.5. The zero-order valence-electron chi connectivity index (χ0n) is 15.9. The van der Waals surface area contributed by atoms with Crippen LogP contribution in [0.25, 0.3) is 0 Å². The topological polar surface area (TPSA) is 94.1 Å².